The molecule has 0 aromatic heterocycles. The van der Waals surface area contributed by atoms with Crippen molar-refractivity contribution < 1.29 is 10.3 Å². The summed E-state index contributed by atoms with van der Waals surface area (Å²) in [6, 6.07) is 1.49. The average molecular weight is 104 g/mol. The van der Waals surface area contributed by atoms with Crippen LogP contribution in [0, 0.1) is 16.2 Å². The van der Waals surface area contributed by atoms with Gasteiger partial charge in [0, 0.05) is 0 Å². The predicted molar refractivity (Wildman–Crippen MR) is 20.3 cm³/mol. The van der Waals surface area contributed by atoms with Crippen LogP contribution in [-0.2, 0) is 0 Å². The highest BCUT2D eigenvalue weighted by Crippen LogP contribution is 1.34. The van der Waals surface area contributed by atoms with E-state index in [4.69, 9.17) is 20.5 Å². The molecule has 0 saturated heterocycles. The minimum atomic E-state index is -0.375. The summed E-state index contributed by atoms with van der Waals surface area (Å²) in [7, 11) is 0. The SMILES string of the molecule is N#CCO.O=NO. The quantitative estimate of drug-likeness (QED) is 0.249. The first-order valence-corrected chi connectivity index (χ1v) is 1.28. The van der Waals surface area contributed by atoms with Crippen molar-refractivity contribution in [2.45, 2.75) is 0 Å². The Morgan fingerprint density at radius 2 is 2.00 bits per heavy atom. The molecule has 0 unspecified atom stereocenters. The van der Waals surface area contributed by atoms with Crippen LogP contribution in [0.15, 0.2) is 5.34 Å². The van der Waals surface area contributed by atoms with Crippen molar-refractivity contribution in [1.29, 1.82) is 5.26 Å². The minimum Gasteiger partial charge on any atom is -0.381 e. The van der Waals surface area contributed by atoms with Crippen molar-refractivity contribution in [1.82, 2.24) is 0 Å². The second kappa shape index (κ2) is 21.0. The molecule has 0 heterocycles. The molecular weight excluding hydrogens is 100 g/mol. The van der Waals surface area contributed by atoms with Crippen molar-refractivity contribution >= 4 is 0 Å². The first kappa shape index (κ1) is 9.28. The van der Waals surface area contributed by atoms with Crippen LogP contribution < -0.4 is 0 Å². The Kier molecular flexibility index (Phi) is 27.9. The molecule has 2 N–H and O–H groups in total. The molecule has 0 spiro atoms. The first-order chi connectivity index (χ1) is 3.33. The number of nitriles is 1. The van der Waals surface area contributed by atoms with Gasteiger partial charge in [-0.05, 0) is 0 Å². The van der Waals surface area contributed by atoms with E-state index in [0.717, 1.165) is 0 Å². The molecule has 0 aliphatic carbocycles. The van der Waals surface area contributed by atoms with E-state index in [2.05, 4.69) is 0 Å². The van der Waals surface area contributed by atoms with Gasteiger partial charge in [-0.3, -0.25) is 0 Å². The number of aliphatic hydroxyl groups is 1. The van der Waals surface area contributed by atoms with E-state index in [1.165, 1.54) is 11.4 Å². The summed E-state index contributed by atoms with van der Waals surface area (Å²) in [5.41, 5.74) is 0. The van der Waals surface area contributed by atoms with E-state index in [1.54, 1.807) is 0 Å². The third kappa shape index (κ3) is 1750. The molecule has 0 aromatic carbocycles. The van der Waals surface area contributed by atoms with Gasteiger partial charge in [-0.2, -0.15) is 5.26 Å². The summed E-state index contributed by atoms with van der Waals surface area (Å²) in [5, 5.41) is 22.8. The van der Waals surface area contributed by atoms with E-state index in [1.807, 2.05) is 0 Å². The van der Waals surface area contributed by atoms with Gasteiger partial charge in [-0.15, -0.1) is 4.91 Å². The normalized spacial score (nSPS) is 4.57. The number of rotatable bonds is 0. The highest BCUT2D eigenvalue weighted by molar-refractivity contribution is 4.63. The molecular formula is C2H4N2O3. The lowest BCUT2D eigenvalue weighted by molar-refractivity contribution is 0.312. The molecule has 0 aliphatic rings. The van der Waals surface area contributed by atoms with E-state index in [9.17, 15) is 0 Å². The maximum atomic E-state index is 8.11. The molecule has 5 nitrogen and oxygen atoms in total. The Morgan fingerprint density at radius 3 is 2.00 bits per heavy atom. The maximum Gasteiger partial charge on any atom is 0.152 e. The van der Waals surface area contributed by atoms with Crippen LogP contribution in [0.4, 0.5) is 0 Å². The molecule has 40 valence electrons. The van der Waals surface area contributed by atoms with E-state index < -0.39 is 0 Å². The van der Waals surface area contributed by atoms with Crippen LogP contribution in [0.3, 0.4) is 0 Å². The molecule has 0 aromatic rings. The smallest absolute Gasteiger partial charge is 0.152 e. The van der Waals surface area contributed by atoms with Crippen LogP contribution in [0.25, 0.3) is 0 Å². The van der Waals surface area contributed by atoms with Gasteiger partial charge in [0.1, 0.15) is 6.61 Å². The lowest BCUT2D eigenvalue weighted by atomic mass is 10.9. The van der Waals surface area contributed by atoms with Crippen LogP contribution in [0.5, 0.6) is 0 Å². The van der Waals surface area contributed by atoms with Crippen LogP contribution in [-0.4, -0.2) is 16.9 Å². The fourth-order valence-corrected chi connectivity index (χ4v) is 0. The Balaban J connectivity index is 0. The Hall–Kier alpha value is -1.15. The number of hydrogen-bond donors (Lipinski definition) is 2. The van der Waals surface area contributed by atoms with Crippen molar-refractivity contribution in [2.75, 3.05) is 6.61 Å². The summed E-state index contributed by atoms with van der Waals surface area (Å²) in [6.07, 6.45) is 0. The average Bonchev–Trinajstić information content (AvgIpc) is 1.69. The summed E-state index contributed by atoms with van der Waals surface area (Å²) >= 11 is 0. The van der Waals surface area contributed by atoms with E-state index >= 15 is 0 Å². The lowest BCUT2D eigenvalue weighted by Crippen LogP contribution is -1.64. The molecule has 0 aliphatic heterocycles. The number of nitrogens with zero attached hydrogens (tertiary/aromatic N) is 2. The molecule has 5 heteroatoms. The van der Waals surface area contributed by atoms with Gasteiger partial charge in [-0.25, -0.2) is 0 Å². The van der Waals surface area contributed by atoms with Crippen molar-refractivity contribution in [3.05, 3.63) is 4.91 Å². The largest absolute Gasteiger partial charge is 0.381 e. The second-order valence-electron chi connectivity index (χ2n) is 0.398. The molecule has 0 rings (SSSR count). The Bertz CT molecular complexity index is 65.8. The van der Waals surface area contributed by atoms with Gasteiger partial charge in [0.15, 0.2) is 5.34 Å². The highest BCUT2D eigenvalue weighted by atomic mass is 16.6. The van der Waals surface area contributed by atoms with Crippen LogP contribution >= 0.6 is 0 Å². The summed E-state index contributed by atoms with van der Waals surface area (Å²) in [5.74, 6) is 0. The van der Waals surface area contributed by atoms with E-state index in [0.29, 0.717) is 0 Å². The molecule has 0 amide bonds. The van der Waals surface area contributed by atoms with Crippen molar-refractivity contribution in [2.24, 2.45) is 5.34 Å². The number of hydrogen-bond acceptors (Lipinski definition) is 4. The van der Waals surface area contributed by atoms with Crippen molar-refractivity contribution in [3.63, 3.8) is 0 Å². The summed E-state index contributed by atoms with van der Waals surface area (Å²) < 4.78 is 0. The molecule has 0 radical (unpaired) electrons. The molecule has 7 heavy (non-hydrogen) atoms. The zero-order valence-electron chi connectivity index (χ0n) is 3.40. The topological polar surface area (TPSA) is 93.7 Å². The van der Waals surface area contributed by atoms with Gasteiger partial charge in [0.2, 0.25) is 0 Å². The third-order valence-corrected chi connectivity index (χ3v) is 0.0707. The Morgan fingerprint density at radius 1 is 1.86 bits per heavy atom. The maximum absolute atomic E-state index is 8.11. The predicted octanol–water partition coefficient (Wildman–Crippen LogP) is -0.356. The van der Waals surface area contributed by atoms with Gasteiger partial charge < -0.3 is 10.3 Å². The standard InChI is InChI=1S/C2H3NO.HNO2/c3-1-2-4;2-1-3/h4H,2H2;(H,2,3). The zero-order chi connectivity index (χ0) is 6.12. The minimum absolute atomic E-state index is 0.375. The van der Waals surface area contributed by atoms with Gasteiger partial charge in [0.25, 0.3) is 0 Å². The highest BCUT2D eigenvalue weighted by Gasteiger charge is 1.49. The third-order valence-electron chi connectivity index (χ3n) is 0.0707. The molecule has 0 bridgehead atoms. The van der Waals surface area contributed by atoms with Gasteiger partial charge in [-0.1, -0.05) is 0 Å². The van der Waals surface area contributed by atoms with Gasteiger partial charge in [0.05, 0.1) is 6.07 Å². The number of aliphatic hydroxyl groups excluding tert-OH is 1. The summed E-state index contributed by atoms with van der Waals surface area (Å²) in [6.45, 7) is -0.375. The second-order valence-corrected chi connectivity index (χ2v) is 0.398. The molecule has 0 atom stereocenters. The first-order valence-electron chi connectivity index (χ1n) is 1.28. The van der Waals surface area contributed by atoms with E-state index in [-0.39, 0.29) is 6.61 Å². The molecule has 0 saturated carbocycles. The Labute approximate surface area is 39.7 Å². The zero-order valence-corrected chi connectivity index (χ0v) is 3.40. The van der Waals surface area contributed by atoms with Gasteiger partial charge >= 0.3 is 0 Å². The fourth-order valence-electron chi connectivity index (χ4n) is 0. The van der Waals surface area contributed by atoms with Crippen LogP contribution in [0.1, 0.15) is 0 Å². The fraction of sp³-hybridized carbons (Fsp3) is 0.500. The van der Waals surface area contributed by atoms with Crippen LogP contribution in [0.2, 0.25) is 0 Å². The monoisotopic (exact) mass is 104 g/mol. The van der Waals surface area contributed by atoms with Crippen molar-refractivity contribution in [3.8, 4) is 6.07 Å². The molecule has 0 fully saturated rings. The lowest BCUT2D eigenvalue weighted by Gasteiger charge is -1.50. The summed E-state index contributed by atoms with van der Waals surface area (Å²) in [4.78, 5) is 8.11.